The first kappa shape index (κ1) is 11.7. The zero-order valence-electron chi connectivity index (χ0n) is 7.64. The number of alkyl halides is 2. The van der Waals surface area contributed by atoms with Gasteiger partial charge in [-0.15, -0.1) is 0 Å². The summed E-state index contributed by atoms with van der Waals surface area (Å²) in [5.41, 5.74) is 5.39. The van der Waals surface area contributed by atoms with E-state index in [9.17, 15) is 8.78 Å². The molecule has 1 aromatic rings. The number of nitrogen functional groups attached to an aromatic ring is 1. The fraction of sp³-hybridized carbons (Fsp3) is 0.222. The largest absolute Gasteiger partial charge is 0.487 e. The molecule has 0 aliphatic rings. The Hall–Kier alpha value is -1.36. The molecule has 82 valence electrons. The van der Waals surface area contributed by atoms with E-state index < -0.39 is 13.0 Å². The van der Waals surface area contributed by atoms with Crippen LogP contribution in [-0.4, -0.2) is 18.9 Å². The van der Waals surface area contributed by atoms with Gasteiger partial charge in [0.15, 0.2) is 0 Å². The number of benzene rings is 1. The maximum atomic E-state index is 11.9. The third-order valence-corrected chi connectivity index (χ3v) is 1.92. The number of ether oxygens (including phenoxy) is 1. The molecule has 0 unspecified atom stereocenters. The molecule has 0 atom stereocenters. The van der Waals surface area contributed by atoms with Gasteiger partial charge in [-0.25, -0.2) is 8.78 Å². The second-order valence-electron chi connectivity index (χ2n) is 2.73. The summed E-state index contributed by atoms with van der Waals surface area (Å²) in [4.78, 5) is 0. The molecule has 0 aliphatic carbocycles. The van der Waals surface area contributed by atoms with Crippen molar-refractivity contribution in [3.05, 3.63) is 28.8 Å². The minimum Gasteiger partial charge on any atom is -0.487 e. The third kappa shape index (κ3) is 3.06. The maximum absolute atomic E-state index is 11.9. The molecule has 1 rings (SSSR count). The first-order valence-corrected chi connectivity index (χ1v) is 4.44. The van der Waals surface area contributed by atoms with Crippen LogP contribution in [0.5, 0.6) is 5.75 Å². The highest BCUT2D eigenvalue weighted by Gasteiger charge is 2.12. The zero-order valence-corrected chi connectivity index (χ0v) is 8.39. The van der Waals surface area contributed by atoms with Gasteiger partial charge in [-0.2, -0.15) is 0 Å². The number of hydrogen-bond donors (Lipinski definition) is 2. The molecule has 15 heavy (non-hydrogen) atoms. The normalized spacial score (nSPS) is 10.4. The van der Waals surface area contributed by atoms with Crippen molar-refractivity contribution in [1.29, 1.82) is 5.41 Å². The summed E-state index contributed by atoms with van der Waals surface area (Å²) < 4.78 is 28.6. The van der Waals surface area contributed by atoms with Gasteiger partial charge < -0.3 is 10.5 Å². The van der Waals surface area contributed by atoms with E-state index in [0.29, 0.717) is 0 Å². The van der Waals surface area contributed by atoms with Crippen LogP contribution in [0.4, 0.5) is 8.78 Å². The predicted molar refractivity (Wildman–Crippen MR) is 54.0 cm³/mol. The maximum Gasteiger partial charge on any atom is 0.272 e. The molecule has 3 nitrogen and oxygen atoms in total. The van der Waals surface area contributed by atoms with Crippen molar-refractivity contribution in [1.82, 2.24) is 0 Å². The van der Waals surface area contributed by atoms with Crippen LogP contribution in [-0.2, 0) is 0 Å². The van der Waals surface area contributed by atoms with E-state index in [2.05, 4.69) is 0 Å². The number of hydrogen-bond acceptors (Lipinski definition) is 2. The zero-order chi connectivity index (χ0) is 11.4. The Bertz CT molecular complexity index is 371. The summed E-state index contributed by atoms with van der Waals surface area (Å²) in [6, 6.07) is 4.48. The molecule has 0 spiro atoms. The van der Waals surface area contributed by atoms with E-state index in [0.717, 1.165) is 0 Å². The van der Waals surface area contributed by atoms with E-state index >= 15 is 0 Å². The molecule has 6 heteroatoms. The summed E-state index contributed by atoms with van der Waals surface area (Å²) in [6.45, 7) is -0.749. The van der Waals surface area contributed by atoms with Crippen molar-refractivity contribution in [3.8, 4) is 5.75 Å². The van der Waals surface area contributed by atoms with Gasteiger partial charge in [0.25, 0.3) is 6.43 Å². The average Bonchev–Trinajstić information content (AvgIpc) is 2.13. The quantitative estimate of drug-likeness (QED) is 0.620. The topological polar surface area (TPSA) is 59.1 Å². The van der Waals surface area contributed by atoms with Crippen LogP contribution in [0, 0.1) is 5.41 Å². The Morgan fingerprint density at radius 1 is 1.53 bits per heavy atom. The lowest BCUT2D eigenvalue weighted by Gasteiger charge is -2.11. The summed E-state index contributed by atoms with van der Waals surface area (Å²) >= 11 is 5.75. The van der Waals surface area contributed by atoms with Gasteiger partial charge in [-0.05, 0) is 12.1 Å². The predicted octanol–water partition coefficient (Wildman–Crippen LogP) is 2.27. The Labute approximate surface area is 90.3 Å². The first-order chi connectivity index (χ1) is 7.02. The third-order valence-electron chi connectivity index (χ3n) is 1.61. The van der Waals surface area contributed by atoms with Crippen LogP contribution in [0.25, 0.3) is 0 Å². The van der Waals surface area contributed by atoms with Crippen LogP contribution in [0.3, 0.4) is 0 Å². The number of rotatable bonds is 4. The highest BCUT2D eigenvalue weighted by Crippen LogP contribution is 2.26. The summed E-state index contributed by atoms with van der Waals surface area (Å²) in [5.74, 6) is -0.222. The van der Waals surface area contributed by atoms with Gasteiger partial charge in [-0.3, -0.25) is 5.41 Å². The second-order valence-corrected chi connectivity index (χ2v) is 3.14. The van der Waals surface area contributed by atoms with Crippen LogP contribution in [0.2, 0.25) is 5.02 Å². The van der Waals surface area contributed by atoms with E-state index in [4.69, 9.17) is 27.5 Å². The van der Waals surface area contributed by atoms with Crippen molar-refractivity contribution in [2.45, 2.75) is 6.43 Å². The molecule has 0 radical (unpaired) electrons. The first-order valence-electron chi connectivity index (χ1n) is 4.06. The van der Waals surface area contributed by atoms with Crippen molar-refractivity contribution >= 4 is 17.4 Å². The van der Waals surface area contributed by atoms with Crippen molar-refractivity contribution in [2.75, 3.05) is 6.61 Å². The summed E-state index contributed by atoms with van der Waals surface area (Å²) in [7, 11) is 0. The Balaban J connectivity index is 2.96. The second kappa shape index (κ2) is 4.93. The Morgan fingerprint density at radius 3 is 2.73 bits per heavy atom. The minimum atomic E-state index is -2.58. The molecule has 0 amide bonds. The smallest absolute Gasteiger partial charge is 0.272 e. The monoisotopic (exact) mass is 234 g/mol. The Morgan fingerprint density at radius 2 is 2.20 bits per heavy atom. The molecular formula is C9H9ClF2N2O. The average molecular weight is 235 g/mol. The molecule has 0 fully saturated rings. The van der Waals surface area contributed by atoms with E-state index in [1.165, 1.54) is 18.2 Å². The van der Waals surface area contributed by atoms with Crippen molar-refractivity contribution in [2.24, 2.45) is 5.73 Å². The molecular weight excluding hydrogens is 226 g/mol. The molecule has 0 aliphatic heterocycles. The van der Waals surface area contributed by atoms with Crippen LogP contribution < -0.4 is 10.5 Å². The molecule has 0 bridgehead atoms. The summed E-state index contributed by atoms with van der Waals surface area (Å²) in [6.07, 6.45) is -2.58. The number of nitrogens with two attached hydrogens (primary N) is 1. The summed E-state index contributed by atoms with van der Waals surface area (Å²) in [5, 5.41) is 7.43. The molecule has 0 saturated heterocycles. The van der Waals surface area contributed by atoms with Crippen LogP contribution in [0.15, 0.2) is 18.2 Å². The number of amidine groups is 1. The van der Waals surface area contributed by atoms with E-state index in [1.54, 1.807) is 0 Å². The molecule has 3 N–H and O–H groups in total. The fourth-order valence-corrected chi connectivity index (χ4v) is 1.31. The van der Waals surface area contributed by atoms with Gasteiger partial charge in [0.2, 0.25) is 0 Å². The van der Waals surface area contributed by atoms with E-state index in [-0.39, 0.29) is 22.2 Å². The lowest BCUT2D eigenvalue weighted by atomic mass is 10.2. The highest BCUT2D eigenvalue weighted by atomic mass is 35.5. The molecule has 0 saturated carbocycles. The number of halogens is 3. The van der Waals surface area contributed by atoms with Gasteiger partial charge in [0.05, 0.1) is 10.6 Å². The number of nitrogens with one attached hydrogen (secondary N) is 1. The molecule has 0 heterocycles. The van der Waals surface area contributed by atoms with Gasteiger partial charge in [0, 0.05) is 0 Å². The fourth-order valence-electron chi connectivity index (χ4n) is 1.04. The Kier molecular flexibility index (Phi) is 3.85. The molecule has 1 aromatic carbocycles. The SMILES string of the molecule is N=C(N)c1c(Cl)cccc1OCC(F)F. The lowest BCUT2D eigenvalue weighted by molar-refractivity contribution is 0.0818. The molecule has 0 aromatic heterocycles. The van der Waals surface area contributed by atoms with Crippen molar-refractivity contribution in [3.63, 3.8) is 0 Å². The van der Waals surface area contributed by atoms with Gasteiger partial charge >= 0.3 is 0 Å². The highest BCUT2D eigenvalue weighted by molar-refractivity contribution is 6.34. The van der Waals surface area contributed by atoms with E-state index in [1.807, 2.05) is 0 Å². The van der Waals surface area contributed by atoms with Crippen LogP contribution >= 0.6 is 11.6 Å². The van der Waals surface area contributed by atoms with Crippen molar-refractivity contribution < 1.29 is 13.5 Å². The van der Waals surface area contributed by atoms with Gasteiger partial charge in [-0.1, -0.05) is 17.7 Å². The standard InChI is InChI=1S/C9H9ClF2N2O/c10-5-2-1-3-6(8(5)9(13)14)15-4-7(11)12/h1-3,7H,4H2,(H3,13,14). The lowest BCUT2D eigenvalue weighted by Crippen LogP contribution is -2.15. The van der Waals surface area contributed by atoms with Crippen LogP contribution in [0.1, 0.15) is 5.56 Å². The minimum absolute atomic E-state index is 0.0929. The van der Waals surface area contributed by atoms with Gasteiger partial charge in [0.1, 0.15) is 18.2 Å².